The van der Waals surface area contributed by atoms with Crippen molar-refractivity contribution in [1.82, 2.24) is 20.0 Å². The summed E-state index contributed by atoms with van der Waals surface area (Å²) < 4.78 is 1.69. The summed E-state index contributed by atoms with van der Waals surface area (Å²) in [6.07, 6.45) is 3.55. The lowest BCUT2D eigenvalue weighted by atomic mass is 10.1. The van der Waals surface area contributed by atoms with E-state index in [2.05, 4.69) is 15.3 Å². The summed E-state index contributed by atoms with van der Waals surface area (Å²) in [6, 6.07) is -0.351. The fourth-order valence-corrected chi connectivity index (χ4v) is 2.08. The van der Waals surface area contributed by atoms with Gasteiger partial charge in [0.05, 0.1) is 6.20 Å². The summed E-state index contributed by atoms with van der Waals surface area (Å²) >= 11 is 0. The van der Waals surface area contributed by atoms with E-state index < -0.39 is 0 Å². The molecule has 88 valence electrons. The Labute approximate surface area is 94.4 Å². The van der Waals surface area contributed by atoms with E-state index in [-0.39, 0.29) is 11.9 Å². The second-order valence-electron chi connectivity index (χ2n) is 4.04. The third-order valence-electron chi connectivity index (χ3n) is 2.83. The van der Waals surface area contributed by atoms with Crippen LogP contribution in [0.3, 0.4) is 0 Å². The first-order valence-electron chi connectivity index (χ1n) is 5.41. The number of hydrogen-bond acceptors (Lipinski definition) is 4. The van der Waals surface area contributed by atoms with Gasteiger partial charge >= 0.3 is 0 Å². The van der Waals surface area contributed by atoms with Gasteiger partial charge in [-0.1, -0.05) is 0 Å². The Morgan fingerprint density at radius 1 is 1.56 bits per heavy atom. The molecule has 1 unspecified atom stereocenters. The zero-order valence-corrected chi connectivity index (χ0v) is 9.39. The molecule has 1 atom stereocenters. The molecule has 0 aromatic carbocycles. The largest absolute Gasteiger partial charge is 0.368 e. The highest BCUT2D eigenvalue weighted by Crippen LogP contribution is 2.19. The van der Waals surface area contributed by atoms with Gasteiger partial charge in [0.15, 0.2) is 0 Å². The number of nitrogens with zero attached hydrogens (tertiary/aromatic N) is 3. The first-order valence-corrected chi connectivity index (χ1v) is 5.41. The fourth-order valence-electron chi connectivity index (χ4n) is 2.08. The molecule has 16 heavy (non-hydrogen) atoms. The lowest BCUT2D eigenvalue weighted by Gasteiger charge is -2.32. The average molecular weight is 223 g/mol. The number of piperazine rings is 1. The van der Waals surface area contributed by atoms with Gasteiger partial charge in [0.1, 0.15) is 6.04 Å². The molecule has 6 heteroatoms. The molecule has 0 spiro atoms. The standard InChI is InChI=1S/C10H17N5O/c1-14-7-8(6-13-14)9(10(11)16)15-4-2-12-3-5-15/h6-7,9,12H,2-5H2,1H3,(H2,11,16). The van der Waals surface area contributed by atoms with Gasteiger partial charge in [-0.05, 0) is 0 Å². The van der Waals surface area contributed by atoms with E-state index in [1.165, 1.54) is 0 Å². The Bertz CT molecular complexity index is 369. The van der Waals surface area contributed by atoms with Crippen molar-refractivity contribution in [3.63, 3.8) is 0 Å². The van der Waals surface area contributed by atoms with Gasteiger partial charge in [0.2, 0.25) is 5.91 Å². The molecule has 2 rings (SSSR count). The molecule has 1 fully saturated rings. The third kappa shape index (κ3) is 2.23. The number of rotatable bonds is 3. The van der Waals surface area contributed by atoms with Crippen LogP contribution < -0.4 is 11.1 Å². The van der Waals surface area contributed by atoms with Crippen molar-refractivity contribution in [2.45, 2.75) is 6.04 Å². The van der Waals surface area contributed by atoms with E-state index in [1.807, 2.05) is 13.2 Å². The lowest BCUT2D eigenvalue weighted by molar-refractivity contribution is -0.123. The molecule has 1 aromatic heterocycles. The molecule has 3 N–H and O–H groups in total. The van der Waals surface area contributed by atoms with Crippen LogP contribution in [0, 0.1) is 0 Å². The van der Waals surface area contributed by atoms with E-state index in [9.17, 15) is 4.79 Å². The number of nitrogens with two attached hydrogens (primary N) is 1. The van der Waals surface area contributed by atoms with Gasteiger partial charge in [-0.2, -0.15) is 5.10 Å². The van der Waals surface area contributed by atoms with Crippen LogP contribution >= 0.6 is 0 Å². The molecule has 1 aliphatic rings. The minimum atomic E-state index is -0.351. The van der Waals surface area contributed by atoms with Gasteiger partial charge in [0.25, 0.3) is 0 Å². The second-order valence-corrected chi connectivity index (χ2v) is 4.04. The zero-order chi connectivity index (χ0) is 11.5. The van der Waals surface area contributed by atoms with E-state index in [1.54, 1.807) is 10.9 Å². The first-order chi connectivity index (χ1) is 7.68. The smallest absolute Gasteiger partial charge is 0.239 e. The molecule has 0 radical (unpaired) electrons. The van der Waals surface area contributed by atoms with Crippen LogP contribution in [0.1, 0.15) is 11.6 Å². The molecule has 1 saturated heterocycles. The number of aromatic nitrogens is 2. The molecular formula is C10H17N5O. The SMILES string of the molecule is Cn1cc(C(C(N)=O)N2CCNCC2)cn1. The molecule has 0 aliphatic carbocycles. The monoisotopic (exact) mass is 223 g/mol. The Morgan fingerprint density at radius 2 is 2.25 bits per heavy atom. The third-order valence-corrected chi connectivity index (χ3v) is 2.83. The second kappa shape index (κ2) is 4.63. The normalized spacial score (nSPS) is 19.6. The fraction of sp³-hybridized carbons (Fsp3) is 0.600. The lowest BCUT2D eigenvalue weighted by Crippen LogP contribution is -2.48. The van der Waals surface area contributed by atoms with Crippen LogP contribution in [0.2, 0.25) is 0 Å². The molecule has 2 heterocycles. The topological polar surface area (TPSA) is 76.2 Å². The van der Waals surface area contributed by atoms with Crippen LogP contribution in [-0.2, 0) is 11.8 Å². The molecule has 1 aromatic rings. The van der Waals surface area contributed by atoms with Gasteiger partial charge in [-0.15, -0.1) is 0 Å². The highest BCUT2D eigenvalue weighted by atomic mass is 16.1. The number of carbonyl (C=O) groups is 1. The number of hydrogen-bond donors (Lipinski definition) is 2. The summed E-state index contributed by atoms with van der Waals surface area (Å²) in [6.45, 7) is 3.46. The van der Waals surface area contributed by atoms with Crippen molar-refractivity contribution < 1.29 is 4.79 Å². The summed E-state index contributed by atoms with van der Waals surface area (Å²) in [4.78, 5) is 13.6. The van der Waals surface area contributed by atoms with Crippen molar-refractivity contribution in [2.75, 3.05) is 26.2 Å². The van der Waals surface area contributed by atoms with Gasteiger partial charge in [-0.3, -0.25) is 14.4 Å². The Hall–Kier alpha value is -1.40. The predicted octanol–water partition coefficient (Wildman–Crippen LogP) is -1.15. The van der Waals surface area contributed by atoms with Crippen molar-refractivity contribution in [1.29, 1.82) is 0 Å². The maximum atomic E-state index is 11.5. The molecular weight excluding hydrogens is 206 g/mol. The highest BCUT2D eigenvalue weighted by molar-refractivity contribution is 5.81. The Balaban J connectivity index is 2.19. The van der Waals surface area contributed by atoms with Crippen molar-refractivity contribution >= 4 is 5.91 Å². The van der Waals surface area contributed by atoms with Gasteiger partial charge < -0.3 is 11.1 Å². The summed E-state index contributed by atoms with van der Waals surface area (Å²) in [5.74, 6) is -0.310. The van der Waals surface area contributed by atoms with Crippen molar-refractivity contribution in [3.05, 3.63) is 18.0 Å². The van der Waals surface area contributed by atoms with Gasteiger partial charge in [0, 0.05) is 45.0 Å². The van der Waals surface area contributed by atoms with E-state index >= 15 is 0 Å². The molecule has 6 nitrogen and oxygen atoms in total. The van der Waals surface area contributed by atoms with Crippen molar-refractivity contribution in [3.8, 4) is 0 Å². The van der Waals surface area contributed by atoms with E-state index in [0.29, 0.717) is 0 Å². The molecule has 1 amide bonds. The number of carbonyl (C=O) groups excluding carboxylic acids is 1. The van der Waals surface area contributed by atoms with E-state index in [4.69, 9.17) is 5.73 Å². The summed E-state index contributed by atoms with van der Waals surface area (Å²) in [5, 5.41) is 7.33. The molecule has 0 bridgehead atoms. The number of nitrogens with one attached hydrogen (secondary N) is 1. The Kier molecular flexibility index (Phi) is 3.21. The zero-order valence-electron chi connectivity index (χ0n) is 9.39. The summed E-state index contributed by atoms with van der Waals surface area (Å²) in [7, 11) is 1.83. The van der Waals surface area contributed by atoms with Gasteiger partial charge in [-0.25, -0.2) is 0 Å². The highest BCUT2D eigenvalue weighted by Gasteiger charge is 2.27. The van der Waals surface area contributed by atoms with Crippen molar-refractivity contribution in [2.24, 2.45) is 12.8 Å². The van der Waals surface area contributed by atoms with Crippen LogP contribution in [-0.4, -0.2) is 46.8 Å². The maximum Gasteiger partial charge on any atom is 0.239 e. The van der Waals surface area contributed by atoms with Crippen LogP contribution in [0.25, 0.3) is 0 Å². The number of amides is 1. The van der Waals surface area contributed by atoms with E-state index in [0.717, 1.165) is 31.7 Å². The van der Waals surface area contributed by atoms with Crippen LogP contribution in [0.4, 0.5) is 0 Å². The minimum Gasteiger partial charge on any atom is -0.368 e. The van der Waals surface area contributed by atoms with Crippen LogP contribution in [0.5, 0.6) is 0 Å². The quantitative estimate of drug-likeness (QED) is 0.678. The first kappa shape index (κ1) is 11.1. The predicted molar refractivity (Wildman–Crippen MR) is 59.6 cm³/mol. The minimum absolute atomic E-state index is 0.310. The van der Waals surface area contributed by atoms with Crippen LogP contribution in [0.15, 0.2) is 12.4 Å². The maximum absolute atomic E-state index is 11.5. The number of primary amides is 1. The average Bonchev–Trinajstić information content (AvgIpc) is 2.66. The molecule has 0 saturated carbocycles. The molecule has 1 aliphatic heterocycles. The Morgan fingerprint density at radius 3 is 2.75 bits per heavy atom. The number of aryl methyl sites for hydroxylation is 1. The summed E-state index contributed by atoms with van der Waals surface area (Å²) in [5.41, 5.74) is 6.34.